The van der Waals surface area contributed by atoms with E-state index in [1.807, 2.05) is 22.7 Å². The van der Waals surface area contributed by atoms with E-state index in [1.165, 1.54) is 10.6 Å². The summed E-state index contributed by atoms with van der Waals surface area (Å²) < 4.78 is 0. The van der Waals surface area contributed by atoms with Crippen LogP contribution in [0.4, 0.5) is 5.69 Å². The minimum absolute atomic E-state index is 0.191. The predicted octanol–water partition coefficient (Wildman–Crippen LogP) is 0.735. The molecule has 6 heteroatoms. The maximum atomic E-state index is 12.6. The smallest absolute Gasteiger partial charge is 0.242 e. The number of aliphatic hydroxyl groups excluding tert-OH is 1. The predicted molar refractivity (Wildman–Crippen MR) is 89.5 cm³/mol. The topological polar surface area (TPSA) is 47.0 Å². The first-order valence-corrected chi connectivity index (χ1v) is 8.84. The Morgan fingerprint density at radius 2 is 1.91 bits per heavy atom. The molecule has 2 heterocycles. The van der Waals surface area contributed by atoms with Gasteiger partial charge in [-0.3, -0.25) is 9.69 Å². The first kappa shape index (κ1) is 15.6. The van der Waals surface area contributed by atoms with Gasteiger partial charge >= 0.3 is 0 Å². The number of thioether (sulfide) groups is 1. The third kappa shape index (κ3) is 3.56. The summed E-state index contributed by atoms with van der Waals surface area (Å²) in [6.07, 6.45) is 0. The van der Waals surface area contributed by atoms with Crippen molar-refractivity contribution in [1.29, 1.82) is 0 Å². The molecule has 0 bridgehead atoms. The molecule has 120 valence electrons. The van der Waals surface area contributed by atoms with E-state index in [9.17, 15) is 4.79 Å². The summed E-state index contributed by atoms with van der Waals surface area (Å²) in [7, 11) is 0. The summed E-state index contributed by atoms with van der Waals surface area (Å²) in [5, 5.41) is 8.97. The summed E-state index contributed by atoms with van der Waals surface area (Å²) in [5.41, 5.74) is 1.19. The van der Waals surface area contributed by atoms with Crippen molar-refractivity contribution in [2.45, 2.75) is 4.90 Å². The molecule has 1 aromatic carbocycles. The van der Waals surface area contributed by atoms with Crippen molar-refractivity contribution in [3.63, 3.8) is 0 Å². The molecule has 3 rings (SSSR count). The summed E-state index contributed by atoms with van der Waals surface area (Å²) in [6, 6.07) is 8.33. The van der Waals surface area contributed by atoms with Crippen molar-refractivity contribution in [3.8, 4) is 0 Å². The zero-order chi connectivity index (χ0) is 15.4. The van der Waals surface area contributed by atoms with E-state index in [0.717, 1.165) is 38.5 Å². The molecule has 0 radical (unpaired) electrons. The second-order valence-corrected chi connectivity index (χ2v) is 6.82. The monoisotopic (exact) mass is 321 g/mol. The van der Waals surface area contributed by atoms with Gasteiger partial charge < -0.3 is 14.9 Å². The third-order valence-electron chi connectivity index (χ3n) is 4.29. The van der Waals surface area contributed by atoms with Crippen LogP contribution >= 0.6 is 11.8 Å². The standard InChI is InChI=1S/C16H23N3O2S/c20-11-9-17-5-7-18(8-6-17)16(21)13-19-10-12-22-15-4-2-1-3-14(15)19/h1-4,20H,5-13H2. The summed E-state index contributed by atoms with van der Waals surface area (Å²) in [5.74, 6) is 1.25. The van der Waals surface area contributed by atoms with E-state index < -0.39 is 0 Å². The number of nitrogens with zero attached hydrogens (tertiary/aromatic N) is 3. The van der Waals surface area contributed by atoms with E-state index in [1.54, 1.807) is 0 Å². The average Bonchev–Trinajstić information content (AvgIpc) is 2.56. The molecule has 0 saturated carbocycles. The Labute approximate surface area is 135 Å². The Balaban J connectivity index is 1.57. The molecule has 22 heavy (non-hydrogen) atoms. The van der Waals surface area contributed by atoms with Gasteiger partial charge in [0.2, 0.25) is 5.91 Å². The van der Waals surface area contributed by atoms with Crippen LogP contribution in [0.25, 0.3) is 0 Å². The Morgan fingerprint density at radius 1 is 1.14 bits per heavy atom. The van der Waals surface area contributed by atoms with Gasteiger partial charge in [-0.25, -0.2) is 0 Å². The van der Waals surface area contributed by atoms with Crippen LogP contribution in [0.1, 0.15) is 0 Å². The molecule has 2 aliphatic heterocycles. The molecule has 1 aromatic rings. The number of β-amino-alcohol motifs (C(OH)–C–C–N with tert-alkyl or cyclic N) is 1. The van der Waals surface area contributed by atoms with Crippen LogP contribution in [-0.2, 0) is 4.79 Å². The largest absolute Gasteiger partial charge is 0.395 e. The number of anilines is 1. The van der Waals surface area contributed by atoms with Gasteiger partial charge in [-0.15, -0.1) is 11.8 Å². The fourth-order valence-corrected chi connectivity index (χ4v) is 4.07. The fourth-order valence-electron chi connectivity index (χ4n) is 3.02. The zero-order valence-electron chi connectivity index (χ0n) is 12.8. The Hall–Kier alpha value is -1.24. The van der Waals surface area contributed by atoms with Crippen molar-refractivity contribution in [2.75, 3.05) is 63.1 Å². The SMILES string of the molecule is O=C(CN1CCSc2ccccc21)N1CCN(CCO)CC1. The van der Waals surface area contributed by atoms with Crippen molar-refractivity contribution in [3.05, 3.63) is 24.3 Å². The lowest BCUT2D eigenvalue weighted by molar-refractivity contribution is -0.131. The summed E-state index contributed by atoms with van der Waals surface area (Å²) in [6.45, 7) is 5.55. The van der Waals surface area contributed by atoms with Crippen molar-refractivity contribution >= 4 is 23.4 Å². The molecule has 1 saturated heterocycles. The molecule has 1 N–H and O–H groups in total. The van der Waals surface area contributed by atoms with Crippen LogP contribution < -0.4 is 4.90 Å². The minimum atomic E-state index is 0.191. The second-order valence-electron chi connectivity index (χ2n) is 5.68. The van der Waals surface area contributed by atoms with Gasteiger partial charge in [0.15, 0.2) is 0 Å². The number of hydrogen-bond donors (Lipinski definition) is 1. The van der Waals surface area contributed by atoms with E-state index >= 15 is 0 Å². The molecule has 1 fully saturated rings. The average molecular weight is 321 g/mol. The minimum Gasteiger partial charge on any atom is -0.395 e. The fraction of sp³-hybridized carbons (Fsp3) is 0.562. The number of aliphatic hydroxyl groups is 1. The number of amides is 1. The molecule has 2 aliphatic rings. The Kier molecular flexibility index (Phi) is 5.23. The molecule has 0 aliphatic carbocycles. The summed E-state index contributed by atoms with van der Waals surface area (Å²) in [4.78, 5) is 20.2. The Morgan fingerprint density at radius 3 is 2.68 bits per heavy atom. The van der Waals surface area contributed by atoms with Crippen LogP contribution in [0.5, 0.6) is 0 Å². The molecule has 0 spiro atoms. The van der Waals surface area contributed by atoms with E-state index in [0.29, 0.717) is 13.1 Å². The highest BCUT2D eigenvalue weighted by atomic mass is 32.2. The number of carbonyl (C=O) groups is 1. The Bertz CT molecular complexity index is 518. The van der Waals surface area contributed by atoms with Crippen LogP contribution in [0.15, 0.2) is 29.2 Å². The number of carbonyl (C=O) groups excluding carboxylic acids is 1. The van der Waals surface area contributed by atoms with Gasteiger partial charge in [0.1, 0.15) is 0 Å². The van der Waals surface area contributed by atoms with E-state index in [2.05, 4.69) is 28.0 Å². The highest BCUT2D eigenvalue weighted by Crippen LogP contribution is 2.34. The normalized spacial score (nSPS) is 19.1. The van der Waals surface area contributed by atoms with E-state index in [4.69, 9.17) is 5.11 Å². The van der Waals surface area contributed by atoms with Crippen molar-refractivity contribution in [2.24, 2.45) is 0 Å². The number of piperazine rings is 1. The van der Waals surface area contributed by atoms with Gasteiger partial charge in [0.05, 0.1) is 18.8 Å². The lowest BCUT2D eigenvalue weighted by Gasteiger charge is -2.37. The van der Waals surface area contributed by atoms with Gasteiger partial charge in [-0.2, -0.15) is 0 Å². The molecule has 5 nitrogen and oxygen atoms in total. The number of rotatable bonds is 4. The van der Waals surface area contributed by atoms with Crippen LogP contribution in [-0.4, -0.2) is 79.0 Å². The third-order valence-corrected chi connectivity index (χ3v) is 5.33. The summed E-state index contributed by atoms with van der Waals surface area (Å²) >= 11 is 1.86. The van der Waals surface area contributed by atoms with Crippen LogP contribution in [0, 0.1) is 0 Å². The van der Waals surface area contributed by atoms with Gasteiger partial charge in [-0.1, -0.05) is 12.1 Å². The molecule has 1 amide bonds. The van der Waals surface area contributed by atoms with Crippen LogP contribution in [0.2, 0.25) is 0 Å². The zero-order valence-corrected chi connectivity index (χ0v) is 13.6. The second kappa shape index (κ2) is 7.35. The first-order valence-electron chi connectivity index (χ1n) is 7.85. The van der Waals surface area contributed by atoms with Crippen LogP contribution in [0.3, 0.4) is 0 Å². The maximum Gasteiger partial charge on any atom is 0.242 e. The number of benzene rings is 1. The lowest BCUT2D eigenvalue weighted by atomic mass is 10.2. The van der Waals surface area contributed by atoms with E-state index in [-0.39, 0.29) is 12.5 Å². The molecule has 0 unspecified atom stereocenters. The quantitative estimate of drug-likeness (QED) is 0.886. The number of para-hydroxylation sites is 1. The first-order chi connectivity index (χ1) is 10.8. The number of hydrogen-bond acceptors (Lipinski definition) is 5. The molecule has 0 aromatic heterocycles. The van der Waals surface area contributed by atoms with Crippen molar-refractivity contribution < 1.29 is 9.90 Å². The highest BCUT2D eigenvalue weighted by Gasteiger charge is 2.24. The lowest BCUT2D eigenvalue weighted by Crippen LogP contribution is -2.52. The highest BCUT2D eigenvalue weighted by molar-refractivity contribution is 7.99. The maximum absolute atomic E-state index is 12.6. The van der Waals surface area contributed by atoms with Gasteiger partial charge in [0.25, 0.3) is 0 Å². The van der Waals surface area contributed by atoms with Gasteiger partial charge in [-0.05, 0) is 12.1 Å². The van der Waals surface area contributed by atoms with Gasteiger partial charge in [0, 0.05) is 49.9 Å². The number of fused-ring (bicyclic) bond motifs is 1. The van der Waals surface area contributed by atoms with Crippen molar-refractivity contribution in [1.82, 2.24) is 9.80 Å². The molecular weight excluding hydrogens is 298 g/mol. The molecule has 0 atom stereocenters. The molecular formula is C16H23N3O2S.